The summed E-state index contributed by atoms with van der Waals surface area (Å²) >= 11 is 6.74. The number of hydrogen-bond acceptors (Lipinski definition) is 5. The largest absolute Gasteiger partial charge is 0.437 e. The maximum atomic E-state index is 12.8. The lowest BCUT2D eigenvalue weighted by molar-refractivity contribution is -0.122. The molecule has 4 rings (SSSR count). The molecule has 2 aliphatic heterocycles. The summed E-state index contributed by atoms with van der Waals surface area (Å²) in [5, 5.41) is 0. The summed E-state index contributed by atoms with van der Waals surface area (Å²) in [5.41, 5.74) is 3.21. The quantitative estimate of drug-likeness (QED) is 0.536. The predicted octanol–water partition coefficient (Wildman–Crippen LogP) is 5.01. The summed E-state index contributed by atoms with van der Waals surface area (Å²) in [6.07, 6.45) is 1.96. The van der Waals surface area contributed by atoms with Crippen molar-refractivity contribution in [3.8, 4) is 16.9 Å². The van der Waals surface area contributed by atoms with Crippen LogP contribution in [0.3, 0.4) is 0 Å². The molecule has 2 aromatic carbocycles. The Hall–Kier alpha value is -2.31. The van der Waals surface area contributed by atoms with Gasteiger partial charge >= 0.3 is 0 Å². The number of nitrogens with zero attached hydrogens (tertiary/aromatic N) is 2. The number of anilines is 1. The molecule has 2 aliphatic rings. The van der Waals surface area contributed by atoms with E-state index in [1.54, 1.807) is 4.90 Å². The molecule has 2 heterocycles. The molecular formula is C21H20N2O2S2. The molecule has 0 spiro atoms. The van der Waals surface area contributed by atoms with Crippen molar-refractivity contribution in [2.75, 3.05) is 18.5 Å². The second-order valence-electron chi connectivity index (χ2n) is 6.52. The summed E-state index contributed by atoms with van der Waals surface area (Å²) in [4.78, 5) is 17.0. The highest BCUT2D eigenvalue weighted by Gasteiger charge is 2.39. The number of benzene rings is 2. The van der Waals surface area contributed by atoms with E-state index in [0.717, 1.165) is 35.4 Å². The molecule has 0 saturated carbocycles. The SMILES string of the molecule is CCCCN1C(=O)/C(=C2/Oc3ccc(-c4ccccc4)cc3N2C)SC1=S. The fourth-order valence-electron chi connectivity index (χ4n) is 3.19. The second-order valence-corrected chi connectivity index (χ2v) is 8.17. The van der Waals surface area contributed by atoms with Crippen LogP contribution in [0.2, 0.25) is 0 Å². The topological polar surface area (TPSA) is 32.8 Å². The van der Waals surface area contributed by atoms with Gasteiger partial charge in [-0.15, -0.1) is 0 Å². The lowest BCUT2D eigenvalue weighted by atomic mass is 10.0. The number of thiocarbonyl (C=S) groups is 1. The van der Waals surface area contributed by atoms with E-state index >= 15 is 0 Å². The fraction of sp³-hybridized carbons (Fsp3) is 0.238. The Morgan fingerprint density at radius 3 is 2.63 bits per heavy atom. The minimum absolute atomic E-state index is 0.0589. The lowest BCUT2D eigenvalue weighted by Gasteiger charge is -2.15. The average Bonchev–Trinajstić information content (AvgIpc) is 3.16. The Morgan fingerprint density at radius 1 is 1.11 bits per heavy atom. The maximum absolute atomic E-state index is 12.8. The number of fused-ring (bicyclic) bond motifs is 1. The van der Waals surface area contributed by atoms with Gasteiger partial charge in [-0.25, -0.2) is 0 Å². The van der Waals surface area contributed by atoms with Crippen LogP contribution in [0.4, 0.5) is 5.69 Å². The van der Waals surface area contributed by atoms with Crippen LogP contribution < -0.4 is 9.64 Å². The van der Waals surface area contributed by atoms with E-state index < -0.39 is 0 Å². The van der Waals surface area contributed by atoms with Gasteiger partial charge in [-0.1, -0.05) is 62.0 Å². The highest BCUT2D eigenvalue weighted by atomic mass is 32.2. The van der Waals surface area contributed by atoms with Crippen LogP contribution in [0, 0.1) is 0 Å². The van der Waals surface area contributed by atoms with Crippen LogP contribution in [0.15, 0.2) is 59.3 Å². The number of ether oxygens (including phenoxy) is 1. The number of rotatable bonds is 4. The van der Waals surface area contributed by atoms with Gasteiger partial charge in [0.1, 0.15) is 9.23 Å². The Bertz CT molecular complexity index is 940. The first-order chi connectivity index (χ1) is 13.1. The van der Waals surface area contributed by atoms with Gasteiger partial charge < -0.3 is 9.64 Å². The van der Waals surface area contributed by atoms with Crippen LogP contribution in [0.1, 0.15) is 19.8 Å². The van der Waals surface area contributed by atoms with Gasteiger partial charge in [-0.2, -0.15) is 0 Å². The number of hydrogen-bond donors (Lipinski definition) is 0. The second kappa shape index (κ2) is 7.37. The molecule has 2 aromatic rings. The normalized spacial score (nSPS) is 18.9. The lowest BCUT2D eigenvalue weighted by Crippen LogP contribution is -2.30. The highest BCUT2D eigenvalue weighted by molar-refractivity contribution is 8.26. The summed E-state index contributed by atoms with van der Waals surface area (Å²) in [6.45, 7) is 2.76. The van der Waals surface area contributed by atoms with Crippen LogP contribution in [-0.2, 0) is 4.79 Å². The van der Waals surface area contributed by atoms with Crippen molar-refractivity contribution in [1.29, 1.82) is 0 Å². The van der Waals surface area contributed by atoms with Crippen molar-refractivity contribution in [3.05, 3.63) is 59.3 Å². The molecule has 1 fully saturated rings. The molecule has 27 heavy (non-hydrogen) atoms. The first-order valence-corrected chi connectivity index (χ1v) is 10.2. The standard InChI is InChI=1S/C21H20N2O2S2/c1-3-4-12-23-19(24)18(27-21(23)26)20-22(2)16-13-15(10-11-17(16)25-20)14-8-6-5-7-9-14/h5-11,13H,3-4,12H2,1-2H3/b20-18-. The summed E-state index contributed by atoms with van der Waals surface area (Å²) in [6, 6.07) is 16.3. The van der Waals surface area contributed by atoms with Gasteiger partial charge in [0.25, 0.3) is 5.91 Å². The minimum Gasteiger partial charge on any atom is -0.437 e. The summed E-state index contributed by atoms with van der Waals surface area (Å²) < 4.78 is 6.65. The molecule has 1 amide bonds. The van der Waals surface area contributed by atoms with Crippen molar-refractivity contribution >= 4 is 39.9 Å². The number of carbonyl (C=O) groups excluding carboxylic acids is 1. The minimum atomic E-state index is -0.0589. The molecule has 0 aliphatic carbocycles. The zero-order valence-corrected chi connectivity index (χ0v) is 16.9. The van der Waals surface area contributed by atoms with Crippen LogP contribution in [0.5, 0.6) is 5.75 Å². The Balaban J connectivity index is 1.66. The van der Waals surface area contributed by atoms with Crippen molar-refractivity contribution in [3.63, 3.8) is 0 Å². The van der Waals surface area contributed by atoms with Gasteiger partial charge in [-0.3, -0.25) is 9.69 Å². The average molecular weight is 397 g/mol. The highest BCUT2D eigenvalue weighted by Crippen LogP contribution is 2.45. The fourth-order valence-corrected chi connectivity index (χ4v) is 4.54. The smallest absolute Gasteiger partial charge is 0.271 e. The molecule has 0 bridgehead atoms. The van der Waals surface area contributed by atoms with Gasteiger partial charge in [0.15, 0.2) is 5.75 Å². The maximum Gasteiger partial charge on any atom is 0.271 e. The third-order valence-corrected chi connectivity index (χ3v) is 6.14. The van der Waals surface area contributed by atoms with Gasteiger partial charge in [0, 0.05) is 13.6 Å². The van der Waals surface area contributed by atoms with Crippen LogP contribution in [0.25, 0.3) is 11.1 Å². The molecule has 138 valence electrons. The van der Waals surface area contributed by atoms with Crippen molar-refractivity contribution in [2.45, 2.75) is 19.8 Å². The van der Waals surface area contributed by atoms with E-state index in [4.69, 9.17) is 17.0 Å². The number of unbranched alkanes of at least 4 members (excludes halogenated alkanes) is 1. The molecular weight excluding hydrogens is 376 g/mol. The van der Waals surface area contributed by atoms with E-state index in [-0.39, 0.29) is 5.91 Å². The molecule has 1 saturated heterocycles. The van der Waals surface area contributed by atoms with Crippen LogP contribution >= 0.6 is 24.0 Å². The van der Waals surface area contributed by atoms with Gasteiger partial charge in [0.2, 0.25) is 5.88 Å². The van der Waals surface area contributed by atoms with Crippen molar-refractivity contribution < 1.29 is 9.53 Å². The Morgan fingerprint density at radius 2 is 1.89 bits per heavy atom. The predicted molar refractivity (Wildman–Crippen MR) is 115 cm³/mol. The van der Waals surface area contributed by atoms with E-state index in [1.807, 2.05) is 42.3 Å². The molecule has 0 atom stereocenters. The van der Waals surface area contributed by atoms with Crippen molar-refractivity contribution in [2.24, 2.45) is 0 Å². The van der Waals surface area contributed by atoms with Crippen molar-refractivity contribution in [1.82, 2.24) is 4.90 Å². The summed E-state index contributed by atoms with van der Waals surface area (Å²) in [7, 11) is 1.93. The Labute approximate surface area is 168 Å². The van der Waals surface area contributed by atoms with Crippen LogP contribution in [-0.4, -0.2) is 28.7 Å². The molecule has 0 aromatic heterocycles. The number of thioether (sulfide) groups is 1. The zero-order chi connectivity index (χ0) is 19.0. The molecule has 0 N–H and O–H groups in total. The third kappa shape index (κ3) is 3.24. The summed E-state index contributed by atoms with van der Waals surface area (Å²) in [5.74, 6) is 1.26. The number of carbonyl (C=O) groups is 1. The van der Waals surface area contributed by atoms with E-state index in [9.17, 15) is 4.79 Å². The molecule has 0 unspecified atom stereocenters. The van der Waals surface area contributed by atoms with E-state index in [2.05, 4.69) is 25.1 Å². The van der Waals surface area contributed by atoms with E-state index in [1.165, 1.54) is 11.8 Å². The molecule has 4 nitrogen and oxygen atoms in total. The zero-order valence-electron chi connectivity index (χ0n) is 15.3. The monoisotopic (exact) mass is 396 g/mol. The molecule has 6 heteroatoms. The van der Waals surface area contributed by atoms with Gasteiger partial charge in [0.05, 0.1) is 5.69 Å². The van der Waals surface area contributed by atoms with Gasteiger partial charge in [-0.05, 0) is 41.4 Å². The first-order valence-electron chi connectivity index (χ1n) is 8.99. The van der Waals surface area contributed by atoms with E-state index in [0.29, 0.717) is 21.7 Å². The third-order valence-electron chi connectivity index (χ3n) is 4.72. The number of amides is 1. The molecule has 0 radical (unpaired) electrons. The first kappa shape index (κ1) is 18.1. The Kier molecular flexibility index (Phi) is 4.93.